The van der Waals surface area contributed by atoms with Crippen molar-refractivity contribution in [3.8, 4) is 0 Å². The number of carbonyl (C=O) groups excluding carboxylic acids is 2. The molecule has 102 valence electrons. The van der Waals surface area contributed by atoms with Crippen LogP contribution in [-0.4, -0.2) is 11.8 Å². The second-order valence-corrected chi connectivity index (χ2v) is 5.11. The predicted molar refractivity (Wildman–Crippen MR) is 82.8 cm³/mol. The summed E-state index contributed by atoms with van der Waals surface area (Å²) in [5, 5.41) is 5.43. The Labute approximate surface area is 125 Å². The molecule has 0 aliphatic rings. The topological polar surface area (TPSA) is 58.2 Å². The summed E-state index contributed by atoms with van der Waals surface area (Å²) in [5.74, 6) is -0.486. The number of para-hydroxylation sites is 1. The van der Waals surface area contributed by atoms with E-state index in [0.717, 1.165) is 4.47 Å². The van der Waals surface area contributed by atoms with Crippen LogP contribution in [0.1, 0.15) is 17.3 Å². The molecule has 4 nitrogen and oxygen atoms in total. The van der Waals surface area contributed by atoms with Crippen LogP contribution in [0.25, 0.3) is 0 Å². The summed E-state index contributed by atoms with van der Waals surface area (Å²) >= 11 is 3.35. The lowest BCUT2D eigenvalue weighted by Crippen LogP contribution is -2.16. The number of hydrogen-bond acceptors (Lipinski definition) is 2. The van der Waals surface area contributed by atoms with Gasteiger partial charge in [-0.2, -0.15) is 0 Å². The lowest BCUT2D eigenvalue weighted by atomic mass is 10.1. The molecule has 0 saturated heterocycles. The summed E-state index contributed by atoms with van der Waals surface area (Å²) in [6.45, 7) is 1.41. The largest absolute Gasteiger partial charge is 0.326 e. The van der Waals surface area contributed by atoms with E-state index < -0.39 is 0 Å². The minimum Gasteiger partial charge on any atom is -0.326 e. The first-order chi connectivity index (χ1) is 9.56. The molecule has 0 bridgehead atoms. The van der Waals surface area contributed by atoms with Crippen molar-refractivity contribution in [2.45, 2.75) is 6.92 Å². The van der Waals surface area contributed by atoms with Crippen LogP contribution in [0.5, 0.6) is 0 Å². The lowest BCUT2D eigenvalue weighted by molar-refractivity contribution is -0.114. The Hall–Kier alpha value is -2.14. The monoisotopic (exact) mass is 332 g/mol. The average molecular weight is 333 g/mol. The minimum absolute atomic E-state index is 0.215. The van der Waals surface area contributed by atoms with Crippen LogP contribution < -0.4 is 10.6 Å². The molecule has 2 amide bonds. The maximum atomic E-state index is 12.2. The molecule has 0 aliphatic heterocycles. The normalized spacial score (nSPS) is 9.90. The van der Waals surface area contributed by atoms with Gasteiger partial charge in [0.15, 0.2) is 0 Å². The van der Waals surface area contributed by atoms with Crippen molar-refractivity contribution in [2.75, 3.05) is 10.6 Å². The Morgan fingerprint density at radius 1 is 1.00 bits per heavy atom. The summed E-state index contributed by atoms with van der Waals surface area (Å²) in [7, 11) is 0. The number of amides is 2. The van der Waals surface area contributed by atoms with Crippen molar-refractivity contribution in [1.29, 1.82) is 0 Å². The Morgan fingerprint density at radius 3 is 2.45 bits per heavy atom. The molecule has 2 aromatic rings. The van der Waals surface area contributed by atoms with Crippen LogP contribution in [0.15, 0.2) is 53.0 Å². The number of benzene rings is 2. The smallest absolute Gasteiger partial charge is 0.257 e. The molecule has 0 saturated carbocycles. The van der Waals surface area contributed by atoms with Gasteiger partial charge in [-0.05, 0) is 30.3 Å². The first-order valence-corrected chi connectivity index (χ1v) is 6.79. The van der Waals surface area contributed by atoms with E-state index in [1.165, 1.54) is 6.92 Å². The van der Waals surface area contributed by atoms with Crippen LogP contribution in [0.2, 0.25) is 0 Å². The van der Waals surface area contributed by atoms with Crippen molar-refractivity contribution < 1.29 is 9.59 Å². The van der Waals surface area contributed by atoms with E-state index >= 15 is 0 Å². The maximum Gasteiger partial charge on any atom is 0.257 e. The number of rotatable bonds is 3. The third-order valence-corrected chi connectivity index (χ3v) is 3.06. The molecule has 20 heavy (non-hydrogen) atoms. The van der Waals surface area contributed by atoms with Gasteiger partial charge in [0.2, 0.25) is 5.91 Å². The number of halogens is 1. The fourth-order valence-corrected chi connectivity index (χ4v) is 2.14. The molecule has 5 heteroatoms. The number of anilines is 2. The highest BCUT2D eigenvalue weighted by atomic mass is 79.9. The maximum absolute atomic E-state index is 12.2. The number of hydrogen-bond donors (Lipinski definition) is 2. The second-order valence-electron chi connectivity index (χ2n) is 4.19. The quantitative estimate of drug-likeness (QED) is 0.901. The van der Waals surface area contributed by atoms with Crippen molar-refractivity contribution in [2.24, 2.45) is 0 Å². The lowest BCUT2D eigenvalue weighted by Gasteiger charge is -2.10. The van der Waals surface area contributed by atoms with E-state index in [0.29, 0.717) is 16.9 Å². The van der Waals surface area contributed by atoms with Crippen LogP contribution >= 0.6 is 15.9 Å². The van der Waals surface area contributed by atoms with Gasteiger partial charge < -0.3 is 10.6 Å². The van der Waals surface area contributed by atoms with Gasteiger partial charge in [-0.1, -0.05) is 34.1 Å². The van der Waals surface area contributed by atoms with Crippen LogP contribution in [0.3, 0.4) is 0 Å². The van der Waals surface area contributed by atoms with Gasteiger partial charge in [0.1, 0.15) is 0 Å². The van der Waals surface area contributed by atoms with E-state index in [9.17, 15) is 9.59 Å². The highest BCUT2D eigenvalue weighted by molar-refractivity contribution is 9.10. The fourth-order valence-electron chi connectivity index (χ4n) is 1.74. The molecule has 0 aromatic heterocycles. The van der Waals surface area contributed by atoms with Crippen molar-refractivity contribution in [3.05, 3.63) is 58.6 Å². The second kappa shape index (κ2) is 6.34. The molecule has 0 aliphatic carbocycles. The molecule has 0 radical (unpaired) electrons. The molecule has 2 N–H and O–H groups in total. The van der Waals surface area contributed by atoms with Crippen molar-refractivity contribution >= 4 is 39.1 Å². The predicted octanol–water partition coefficient (Wildman–Crippen LogP) is 3.66. The van der Waals surface area contributed by atoms with Gasteiger partial charge in [0, 0.05) is 17.1 Å². The van der Waals surface area contributed by atoms with Crippen LogP contribution in [0.4, 0.5) is 11.4 Å². The van der Waals surface area contributed by atoms with Gasteiger partial charge in [0.25, 0.3) is 5.91 Å². The van der Waals surface area contributed by atoms with E-state index in [-0.39, 0.29) is 11.8 Å². The Balaban J connectivity index is 2.23. The molecule has 0 spiro atoms. The van der Waals surface area contributed by atoms with Gasteiger partial charge in [-0.3, -0.25) is 9.59 Å². The molecule has 0 fully saturated rings. The fraction of sp³-hybridized carbons (Fsp3) is 0.0667. The van der Waals surface area contributed by atoms with E-state index in [4.69, 9.17) is 0 Å². The number of carbonyl (C=O) groups is 2. The third kappa shape index (κ3) is 3.68. The third-order valence-electron chi connectivity index (χ3n) is 2.56. The standard InChI is InChI=1S/C15H13BrN2O2/c1-10(19)17-14-8-3-2-7-13(14)15(20)18-12-6-4-5-11(16)9-12/h2-9H,1H3,(H,17,19)(H,18,20). The van der Waals surface area contributed by atoms with Crippen LogP contribution in [-0.2, 0) is 4.79 Å². The van der Waals surface area contributed by atoms with E-state index in [1.807, 2.05) is 12.1 Å². The van der Waals surface area contributed by atoms with Gasteiger partial charge >= 0.3 is 0 Å². The summed E-state index contributed by atoms with van der Waals surface area (Å²) in [4.78, 5) is 23.4. The first-order valence-electron chi connectivity index (χ1n) is 6.00. The minimum atomic E-state index is -0.271. The molecule has 0 unspecified atom stereocenters. The summed E-state index contributed by atoms with van der Waals surface area (Å²) in [5.41, 5.74) is 1.59. The number of nitrogens with one attached hydrogen (secondary N) is 2. The summed E-state index contributed by atoms with van der Waals surface area (Å²) < 4.78 is 0.880. The van der Waals surface area contributed by atoms with Gasteiger partial charge in [-0.25, -0.2) is 0 Å². The first kappa shape index (κ1) is 14.3. The van der Waals surface area contributed by atoms with Gasteiger partial charge in [0.05, 0.1) is 11.3 Å². The molecule has 0 atom stereocenters. The van der Waals surface area contributed by atoms with Crippen LogP contribution in [0, 0.1) is 0 Å². The summed E-state index contributed by atoms with van der Waals surface area (Å²) in [6.07, 6.45) is 0. The molecule has 2 rings (SSSR count). The molecular weight excluding hydrogens is 320 g/mol. The van der Waals surface area contributed by atoms with Gasteiger partial charge in [-0.15, -0.1) is 0 Å². The van der Waals surface area contributed by atoms with E-state index in [1.54, 1.807) is 36.4 Å². The Bertz CT molecular complexity index is 656. The zero-order chi connectivity index (χ0) is 14.5. The Morgan fingerprint density at radius 2 is 1.75 bits per heavy atom. The highest BCUT2D eigenvalue weighted by Crippen LogP contribution is 2.19. The van der Waals surface area contributed by atoms with E-state index in [2.05, 4.69) is 26.6 Å². The zero-order valence-electron chi connectivity index (χ0n) is 10.8. The molecule has 2 aromatic carbocycles. The SMILES string of the molecule is CC(=O)Nc1ccccc1C(=O)Nc1cccc(Br)c1. The van der Waals surface area contributed by atoms with Crippen molar-refractivity contribution in [1.82, 2.24) is 0 Å². The highest BCUT2D eigenvalue weighted by Gasteiger charge is 2.11. The Kier molecular flexibility index (Phi) is 4.53. The summed E-state index contributed by atoms with van der Waals surface area (Å²) in [6, 6.07) is 14.2. The zero-order valence-corrected chi connectivity index (χ0v) is 12.4. The molecule has 0 heterocycles. The van der Waals surface area contributed by atoms with Crippen molar-refractivity contribution in [3.63, 3.8) is 0 Å². The molecular formula is C15H13BrN2O2. The average Bonchev–Trinajstić information content (AvgIpc) is 2.38.